The number of hydrogen-bond acceptors (Lipinski definition) is 2. The topological polar surface area (TPSA) is 15.3 Å². The highest BCUT2D eigenvalue weighted by Crippen LogP contribution is 2.24. The Morgan fingerprint density at radius 3 is 2.17 bits per heavy atom. The summed E-state index contributed by atoms with van der Waals surface area (Å²) in [6.07, 6.45) is 4.03. The van der Waals surface area contributed by atoms with Gasteiger partial charge in [0.2, 0.25) is 0 Å². The minimum absolute atomic E-state index is 0.667. The zero-order chi connectivity index (χ0) is 13.5. The van der Waals surface area contributed by atoms with E-state index in [9.17, 15) is 0 Å². The van der Waals surface area contributed by atoms with Gasteiger partial charge in [-0.25, -0.2) is 0 Å². The maximum atomic E-state index is 3.71. The van der Waals surface area contributed by atoms with Crippen molar-refractivity contribution in [1.82, 2.24) is 10.2 Å². The molecule has 1 aliphatic heterocycles. The van der Waals surface area contributed by atoms with Crippen LogP contribution in [0.2, 0.25) is 0 Å². The lowest BCUT2D eigenvalue weighted by Gasteiger charge is -2.37. The first-order valence-corrected chi connectivity index (χ1v) is 8.00. The molecule has 0 aliphatic carbocycles. The van der Waals surface area contributed by atoms with E-state index >= 15 is 0 Å². The predicted molar refractivity (Wildman–Crippen MR) is 80.9 cm³/mol. The molecule has 2 nitrogen and oxygen atoms in total. The Kier molecular flexibility index (Phi) is 7.25. The van der Waals surface area contributed by atoms with Crippen molar-refractivity contribution in [3.8, 4) is 0 Å². The lowest BCUT2D eigenvalue weighted by atomic mass is 9.86. The third kappa shape index (κ3) is 5.27. The molecule has 1 atom stereocenters. The van der Waals surface area contributed by atoms with Crippen molar-refractivity contribution < 1.29 is 0 Å². The molecule has 1 saturated heterocycles. The van der Waals surface area contributed by atoms with Crippen LogP contribution in [0.1, 0.15) is 53.9 Å². The summed E-state index contributed by atoms with van der Waals surface area (Å²) in [5.41, 5.74) is 0. The van der Waals surface area contributed by atoms with E-state index in [1.165, 1.54) is 38.9 Å². The number of hydrogen-bond donors (Lipinski definition) is 1. The molecular formula is C16H34N2. The van der Waals surface area contributed by atoms with Gasteiger partial charge in [-0.3, -0.25) is 0 Å². The van der Waals surface area contributed by atoms with Crippen molar-refractivity contribution >= 4 is 0 Å². The van der Waals surface area contributed by atoms with E-state index in [-0.39, 0.29) is 0 Å². The fourth-order valence-electron chi connectivity index (χ4n) is 2.92. The van der Waals surface area contributed by atoms with Crippen LogP contribution >= 0.6 is 0 Å². The Labute approximate surface area is 115 Å². The molecule has 0 spiro atoms. The van der Waals surface area contributed by atoms with Gasteiger partial charge in [0.05, 0.1) is 0 Å². The number of nitrogens with one attached hydrogen (secondary N) is 1. The van der Waals surface area contributed by atoms with Crippen LogP contribution in [-0.2, 0) is 0 Å². The number of piperidine rings is 1. The summed E-state index contributed by atoms with van der Waals surface area (Å²) in [7, 11) is 0. The lowest BCUT2D eigenvalue weighted by Crippen LogP contribution is -2.47. The Morgan fingerprint density at radius 2 is 1.72 bits per heavy atom. The maximum Gasteiger partial charge on any atom is 0.0217 e. The summed E-state index contributed by atoms with van der Waals surface area (Å²) in [6.45, 7) is 16.7. The molecule has 1 unspecified atom stereocenters. The molecule has 18 heavy (non-hydrogen) atoms. The molecular weight excluding hydrogens is 220 g/mol. The summed E-state index contributed by atoms with van der Waals surface area (Å²) in [5.74, 6) is 2.56. The molecule has 0 saturated carbocycles. The third-order valence-corrected chi connectivity index (χ3v) is 4.49. The molecule has 0 aromatic rings. The standard InChI is InChI=1S/C16H34N2/c1-6-9-17-16(14(4)5)12-18-10-7-15(8-11-18)13(2)3/h13-17H,6-12H2,1-5H3. The number of likely N-dealkylation sites (tertiary alicyclic amines) is 1. The van der Waals surface area contributed by atoms with E-state index < -0.39 is 0 Å². The van der Waals surface area contributed by atoms with Crippen LogP contribution in [0, 0.1) is 17.8 Å². The molecule has 0 aromatic carbocycles. The highest BCUT2D eigenvalue weighted by Gasteiger charge is 2.24. The van der Waals surface area contributed by atoms with Gasteiger partial charge in [0.1, 0.15) is 0 Å². The van der Waals surface area contributed by atoms with Gasteiger partial charge in [0.15, 0.2) is 0 Å². The summed E-state index contributed by atoms with van der Waals surface area (Å²) in [6, 6.07) is 0.667. The second kappa shape index (κ2) is 8.16. The Hall–Kier alpha value is -0.0800. The molecule has 0 amide bonds. The van der Waals surface area contributed by atoms with E-state index in [1.807, 2.05) is 0 Å². The molecule has 0 radical (unpaired) electrons. The minimum Gasteiger partial charge on any atom is -0.312 e. The average Bonchev–Trinajstić information content (AvgIpc) is 2.34. The first-order chi connectivity index (χ1) is 8.54. The predicted octanol–water partition coefficient (Wildman–Crippen LogP) is 3.38. The normalized spacial score (nSPS) is 20.8. The smallest absolute Gasteiger partial charge is 0.0217 e. The second-order valence-corrected chi connectivity index (χ2v) is 6.69. The second-order valence-electron chi connectivity index (χ2n) is 6.69. The first kappa shape index (κ1) is 16.0. The molecule has 1 N–H and O–H groups in total. The molecule has 1 fully saturated rings. The highest BCUT2D eigenvalue weighted by molar-refractivity contribution is 4.80. The van der Waals surface area contributed by atoms with Crippen molar-refractivity contribution in [3.05, 3.63) is 0 Å². The molecule has 0 bridgehead atoms. The van der Waals surface area contributed by atoms with Crippen LogP contribution in [0.4, 0.5) is 0 Å². The van der Waals surface area contributed by atoms with Crippen LogP contribution in [0.5, 0.6) is 0 Å². The highest BCUT2D eigenvalue weighted by atomic mass is 15.2. The first-order valence-electron chi connectivity index (χ1n) is 8.00. The summed E-state index contributed by atoms with van der Waals surface area (Å²) >= 11 is 0. The van der Waals surface area contributed by atoms with Gasteiger partial charge < -0.3 is 10.2 Å². The Balaban J connectivity index is 2.32. The van der Waals surface area contributed by atoms with Crippen molar-refractivity contribution in [2.24, 2.45) is 17.8 Å². The van der Waals surface area contributed by atoms with Crippen molar-refractivity contribution in [2.75, 3.05) is 26.2 Å². The number of nitrogens with zero attached hydrogens (tertiary/aromatic N) is 1. The van der Waals surface area contributed by atoms with Crippen LogP contribution in [0.25, 0.3) is 0 Å². The van der Waals surface area contributed by atoms with Gasteiger partial charge in [-0.1, -0.05) is 34.6 Å². The van der Waals surface area contributed by atoms with Gasteiger partial charge >= 0.3 is 0 Å². The van der Waals surface area contributed by atoms with Crippen molar-refractivity contribution in [3.63, 3.8) is 0 Å². The van der Waals surface area contributed by atoms with Gasteiger partial charge in [-0.05, 0) is 56.7 Å². The average molecular weight is 254 g/mol. The molecule has 1 heterocycles. The van der Waals surface area contributed by atoms with E-state index in [2.05, 4.69) is 44.8 Å². The van der Waals surface area contributed by atoms with Crippen LogP contribution in [0.15, 0.2) is 0 Å². The quantitative estimate of drug-likeness (QED) is 0.749. The van der Waals surface area contributed by atoms with E-state index in [1.54, 1.807) is 0 Å². The third-order valence-electron chi connectivity index (χ3n) is 4.49. The molecule has 2 heteroatoms. The van der Waals surface area contributed by atoms with Crippen LogP contribution < -0.4 is 5.32 Å². The molecule has 108 valence electrons. The van der Waals surface area contributed by atoms with Crippen LogP contribution in [-0.4, -0.2) is 37.1 Å². The summed E-state index contributed by atoms with van der Waals surface area (Å²) in [5, 5.41) is 3.71. The van der Waals surface area contributed by atoms with E-state index in [0.717, 1.165) is 24.3 Å². The molecule has 1 aliphatic rings. The van der Waals surface area contributed by atoms with Gasteiger partial charge in [0.25, 0.3) is 0 Å². The SMILES string of the molecule is CCCNC(CN1CCC(C(C)C)CC1)C(C)C. The summed E-state index contributed by atoms with van der Waals surface area (Å²) in [4.78, 5) is 2.67. The Bertz CT molecular complexity index is 205. The minimum atomic E-state index is 0.667. The number of rotatable bonds is 7. The zero-order valence-corrected chi connectivity index (χ0v) is 13.2. The van der Waals surface area contributed by atoms with E-state index in [0.29, 0.717) is 6.04 Å². The summed E-state index contributed by atoms with van der Waals surface area (Å²) < 4.78 is 0. The monoisotopic (exact) mass is 254 g/mol. The van der Waals surface area contributed by atoms with Gasteiger partial charge in [-0.15, -0.1) is 0 Å². The van der Waals surface area contributed by atoms with Crippen LogP contribution in [0.3, 0.4) is 0 Å². The molecule has 1 rings (SSSR count). The largest absolute Gasteiger partial charge is 0.312 e. The maximum absolute atomic E-state index is 3.71. The fraction of sp³-hybridized carbons (Fsp3) is 1.00. The fourth-order valence-corrected chi connectivity index (χ4v) is 2.92. The van der Waals surface area contributed by atoms with Crippen molar-refractivity contribution in [1.29, 1.82) is 0 Å². The zero-order valence-electron chi connectivity index (χ0n) is 13.2. The van der Waals surface area contributed by atoms with E-state index in [4.69, 9.17) is 0 Å². The lowest BCUT2D eigenvalue weighted by molar-refractivity contribution is 0.137. The van der Waals surface area contributed by atoms with Gasteiger partial charge in [0, 0.05) is 12.6 Å². The Morgan fingerprint density at radius 1 is 1.11 bits per heavy atom. The van der Waals surface area contributed by atoms with Gasteiger partial charge in [-0.2, -0.15) is 0 Å². The molecule has 0 aromatic heterocycles. The van der Waals surface area contributed by atoms with Crippen molar-refractivity contribution in [2.45, 2.75) is 59.9 Å².